The zero-order chi connectivity index (χ0) is 15.8. The van der Waals surface area contributed by atoms with Gasteiger partial charge in [-0.2, -0.15) is 0 Å². The van der Waals surface area contributed by atoms with Crippen LogP contribution in [0.2, 0.25) is 0 Å². The largest absolute Gasteiger partial charge is 0.457 e. The fraction of sp³-hybridized carbons (Fsp3) is 0.143. The maximum atomic E-state index is 5.87. The number of hydrogen-bond acceptors (Lipinski definition) is 1. The number of allylic oxidation sites excluding steroid dienone is 4. The molecule has 1 heteroatoms. The minimum absolute atomic E-state index is 0.792. The summed E-state index contributed by atoms with van der Waals surface area (Å²) in [5.41, 5.74) is 3.67. The highest BCUT2D eigenvalue weighted by molar-refractivity contribution is 5.64. The molecule has 0 radical (unpaired) electrons. The highest BCUT2D eigenvalue weighted by Crippen LogP contribution is 2.24. The molecule has 0 spiro atoms. The smallest absolute Gasteiger partial charge is 0.127 e. The van der Waals surface area contributed by atoms with Crippen molar-refractivity contribution in [3.63, 3.8) is 0 Å². The van der Waals surface area contributed by atoms with E-state index in [-0.39, 0.29) is 0 Å². The first-order valence-corrected chi connectivity index (χ1v) is 7.57. The number of rotatable bonds is 6. The molecule has 112 valence electrons. The molecule has 0 unspecified atom stereocenters. The predicted octanol–water partition coefficient (Wildman–Crippen LogP) is 6.08. The van der Waals surface area contributed by atoms with Gasteiger partial charge in [-0.1, -0.05) is 67.6 Å². The summed E-state index contributed by atoms with van der Waals surface area (Å²) in [6.45, 7) is 7.91. The highest BCUT2D eigenvalue weighted by Gasteiger charge is 2.00. The zero-order valence-corrected chi connectivity index (χ0v) is 13.3. The Bertz CT molecular complexity index is 658. The Hall–Kier alpha value is -2.54. The maximum absolute atomic E-state index is 5.87. The summed E-state index contributed by atoms with van der Waals surface area (Å²) in [4.78, 5) is 0. The average Bonchev–Trinajstić information content (AvgIpc) is 2.54. The van der Waals surface area contributed by atoms with Crippen molar-refractivity contribution in [3.8, 4) is 16.9 Å². The lowest BCUT2D eigenvalue weighted by Crippen LogP contribution is -1.92. The van der Waals surface area contributed by atoms with Crippen molar-refractivity contribution in [2.75, 3.05) is 0 Å². The molecule has 0 bridgehead atoms. The third-order valence-electron chi connectivity index (χ3n) is 3.27. The quantitative estimate of drug-likeness (QED) is 0.463. The van der Waals surface area contributed by atoms with Crippen LogP contribution in [0.25, 0.3) is 11.1 Å². The van der Waals surface area contributed by atoms with Gasteiger partial charge in [0.25, 0.3) is 0 Å². The van der Waals surface area contributed by atoms with Crippen molar-refractivity contribution >= 4 is 0 Å². The summed E-state index contributed by atoms with van der Waals surface area (Å²) in [6, 6.07) is 16.7. The molecule has 0 atom stereocenters. The van der Waals surface area contributed by atoms with Gasteiger partial charge in [-0.05, 0) is 48.8 Å². The zero-order valence-electron chi connectivity index (χ0n) is 13.3. The fourth-order valence-corrected chi connectivity index (χ4v) is 2.07. The summed E-state index contributed by atoms with van der Waals surface area (Å²) < 4.78 is 5.87. The van der Waals surface area contributed by atoms with Gasteiger partial charge in [-0.25, -0.2) is 0 Å². The Balaban J connectivity index is 2.14. The first-order valence-electron chi connectivity index (χ1n) is 7.57. The van der Waals surface area contributed by atoms with E-state index in [1.165, 1.54) is 16.7 Å². The Morgan fingerprint density at radius 2 is 1.59 bits per heavy atom. The third-order valence-corrected chi connectivity index (χ3v) is 3.27. The van der Waals surface area contributed by atoms with Gasteiger partial charge in [0, 0.05) is 0 Å². The summed E-state index contributed by atoms with van der Waals surface area (Å²) in [5, 5.41) is 0. The molecule has 2 rings (SSSR count). The fourth-order valence-electron chi connectivity index (χ4n) is 2.07. The van der Waals surface area contributed by atoms with Crippen LogP contribution in [0.5, 0.6) is 5.75 Å². The van der Waals surface area contributed by atoms with Gasteiger partial charge in [0.15, 0.2) is 0 Å². The standard InChI is InChI=1S/C21H22O/c1-4-6-8-20(7-5-2)22-21-15-13-19(14-16-21)18-11-9-17(3)10-12-18/h5-16H,2,4H2,1,3H3/b8-6-,20-7+. The predicted molar refractivity (Wildman–Crippen MR) is 95.0 cm³/mol. The number of aryl methyl sites for hydroxylation is 1. The van der Waals surface area contributed by atoms with Gasteiger partial charge in [0.1, 0.15) is 11.5 Å². The van der Waals surface area contributed by atoms with E-state index < -0.39 is 0 Å². The molecule has 0 heterocycles. The van der Waals surface area contributed by atoms with Crippen LogP contribution in [0, 0.1) is 6.92 Å². The van der Waals surface area contributed by atoms with Crippen molar-refractivity contribution in [1.82, 2.24) is 0 Å². The Morgan fingerprint density at radius 3 is 2.14 bits per heavy atom. The lowest BCUT2D eigenvalue weighted by molar-refractivity contribution is 0.444. The molecule has 0 aliphatic rings. The normalized spacial score (nSPS) is 11.6. The molecule has 0 saturated heterocycles. The second-order valence-electron chi connectivity index (χ2n) is 5.11. The summed E-state index contributed by atoms with van der Waals surface area (Å²) >= 11 is 0. The van der Waals surface area contributed by atoms with Crippen LogP contribution in [0.4, 0.5) is 0 Å². The van der Waals surface area contributed by atoms with E-state index in [0.29, 0.717) is 0 Å². The van der Waals surface area contributed by atoms with Gasteiger partial charge in [-0.3, -0.25) is 0 Å². The SMILES string of the molecule is C=C/C=C(\C=C/CC)Oc1ccc(-c2ccc(C)cc2)cc1. The highest BCUT2D eigenvalue weighted by atomic mass is 16.5. The van der Waals surface area contributed by atoms with E-state index in [0.717, 1.165) is 17.9 Å². The van der Waals surface area contributed by atoms with Gasteiger partial charge in [0.05, 0.1) is 0 Å². The van der Waals surface area contributed by atoms with Crippen molar-refractivity contribution in [3.05, 3.63) is 90.7 Å². The van der Waals surface area contributed by atoms with Crippen LogP contribution in [0.1, 0.15) is 18.9 Å². The second kappa shape index (κ2) is 8.04. The molecule has 0 aliphatic carbocycles. The van der Waals surface area contributed by atoms with Crippen molar-refractivity contribution in [2.24, 2.45) is 0 Å². The number of ether oxygens (including phenoxy) is 1. The summed E-state index contributed by atoms with van der Waals surface area (Å²) in [5.74, 6) is 1.62. The molecule has 0 amide bonds. The molecule has 22 heavy (non-hydrogen) atoms. The van der Waals surface area contributed by atoms with Gasteiger partial charge < -0.3 is 4.74 Å². The van der Waals surface area contributed by atoms with E-state index in [2.05, 4.69) is 62.9 Å². The van der Waals surface area contributed by atoms with Crippen molar-refractivity contribution in [2.45, 2.75) is 20.3 Å². The van der Waals surface area contributed by atoms with Crippen molar-refractivity contribution in [1.29, 1.82) is 0 Å². The number of benzene rings is 2. The Morgan fingerprint density at radius 1 is 1.00 bits per heavy atom. The van der Waals surface area contributed by atoms with Crippen LogP contribution in [0.3, 0.4) is 0 Å². The lowest BCUT2D eigenvalue weighted by atomic mass is 10.0. The molecular formula is C21H22O. The second-order valence-corrected chi connectivity index (χ2v) is 5.11. The van der Waals surface area contributed by atoms with Crippen LogP contribution in [-0.2, 0) is 0 Å². The topological polar surface area (TPSA) is 9.23 Å². The molecule has 0 saturated carbocycles. The van der Waals surface area contributed by atoms with E-state index >= 15 is 0 Å². The van der Waals surface area contributed by atoms with Crippen LogP contribution in [-0.4, -0.2) is 0 Å². The van der Waals surface area contributed by atoms with E-state index in [1.54, 1.807) is 6.08 Å². The lowest BCUT2D eigenvalue weighted by Gasteiger charge is -2.08. The Kier molecular flexibility index (Phi) is 5.79. The molecule has 0 aromatic heterocycles. The summed E-state index contributed by atoms with van der Waals surface area (Å²) in [6.07, 6.45) is 8.60. The first kappa shape index (κ1) is 15.8. The molecule has 0 aliphatic heterocycles. The number of hydrogen-bond donors (Lipinski definition) is 0. The van der Waals surface area contributed by atoms with E-state index in [4.69, 9.17) is 4.74 Å². The average molecular weight is 290 g/mol. The van der Waals surface area contributed by atoms with Gasteiger partial charge in [-0.15, -0.1) is 0 Å². The van der Waals surface area contributed by atoms with Crippen molar-refractivity contribution < 1.29 is 4.74 Å². The van der Waals surface area contributed by atoms with E-state index in [9.17, 15) is 0 Å². The van der Waals surface area contributed by atoms with E-state index in [1.807, 2.05) is 24.3 Å². The molecule has 0 N–H and O–H groups in total. The maximum Gasteiger partial charge on any atom is 0.127 e. The minimum Gasteiger partial charge on any atom is -0.457 e. The van der Waals surface area contributed by atoms with Gasteiger partial charge >= 0.3 is 0 Å². The third kappa shape index (κ3) is 4.49. The Labute approximate surface area is 133 Å². The van der Waals surface area contributed by atoms with Crippen LogP contribution < -0.4 is 4.74 Å². The minimum atomic E-state index is 0.792. The summed E-state index contributed by atoms with van der Waals surface area (Å²) in [7, 11) is 0. The molecule has 0 fully saturated rings. The molecule has 2 aromatic carbocycles. The van der Waals surface area contributed by atoms with Gasteiger partial charge in [0.2, 0.25) is 0 Å². The van der Waals surface area contributed by atoms with Crippen LogP contribution in [0.15, 0.2) is 85.2 Å². The molecule has 1 nitrogen and oxygen atoms in total. The van der Waals surface area contributed by atoms with Crippen LogP contribution >= 0.6 is 0 Å². The molecule has 2 aromatic rings. The molecular weight excluding hydrogens is 268 g/mol. The monoisotopic (exact) mass is 290 g/mol. The first-order chi connectivity index (χ1) is 10.7.